The molecule has 0 bridgehead atoms. The van der Waals surface area contributed by atoms with Crippen molar-refractivity contribution < 1.29 is 15.0 Å². The Morgan fingerprint density at radius 1 is 1.03 bits per heavy atom. The van der Waals surface area contributed by atoms with Gasteiger partial charge in [0.1, 0.15) is 17.2 Å². The van der Waals surface area contributed by atoms with Crippen molar-refractivity contribution in [2.45, 2.75) is 33.1 Å². The number of nitrogens with one attached hydrogen (secondary N) is 1. The number of rotatable bonds is 4. The molecule has 3 aromatic rings. The zero-order valence-electron chi connectivity index (χ0n) is 16.4. The molecule has 3 N–H and O–H groups in total. The third-order valence-electron chi connectivity index (χ3n) is 5.39. The normalized spacial score (nSPS) is 13.3. The fourth-order valence-electron chi connectivity index (χ4n) is 3.46. The molecule has 1 aromatic heterocycles. The number of benzene rings is 2. The monoisotopic (exact) mass is 389 g/mol. The van der Waals surface area contributed by atoms with Gasteiger partial charge in [-0.2, -0.15) is 0 Å². The Morgan fingerprint density at radius 2 is 1.76 bits per heavy atom. The lowest BCUT2D eigenvalue weighted by Gasteiger charge is -2.21. The first-order chi connectivity index (χ1) is 14.0. The van der Waals surface area contributed by atoms with Crippen LogP contribution in [-0.2, 0) is 17.6 Å². The second-order valence-corrected chi connectivity index (χ2v) is 7.40. The Kier molecular flexibility index (Phi) is 4.92. The number of aromatic nitrogens is 2. The SMILES string of the molecule is CCC(C)C(=O)Nc1nc2c(nc1-c1ccc(O)cc1)-c1ccc(O)cc1CC2. The standard InChI is InChI=1S/C23H23N3O3/c1-3-13(2)23(29)26-22-20(14-4-7-16(27)8-5-14)25-21-18-10-9-17(28)12-15(18)6-11-19(21)24-22/h4-5,7-10,12-13,27-28H,3,6,11H2,1-2H3,(H,24,26,29). The van der Waals surface area contributed by atoms with Gasteiger partial charge in [0.05, 0.1) is 11.4 Å². The summed E-state index contributed by atoms with van der Waals surface area (Å²) in [5.74, 6) is 0.594. The van der Waals surface area contributed by atoms with Gasteiger partial charge in [-0.1, -0.05) is 13.8 Å². The molecule has 0 aliphatic heterocycles. The number of aromatic hydroxyl groups is 2. The maximum atomic E-state index is 12.5. The maximum absolute atomic E-state index is 12.5. The number of carbonyl (C=O) groups is 1. The van der Waals surface area contributed by atoms with Gasteiger partial charge >= 0.3 is 0 Å². The van der Waals surface area contributed by atoms with E-state index in [1.807, 2.05) is 19.9 Å². The number of hydrogen-bond acceptors (Lipinski definition) is 5. The number of nitrogens with zero attached hydrogens (tertiary/aromatic N) is 2. The molecule has 0 radical (unpaired) electrons. The Morgan fingerprint density at radius 3 is 2.48 bits per heavy atom. The van der Waals surface area contributed by atoms with Crippen LogP contribution in [-0.4, -0.2) is 26.1 Å². The molecule has 1 aliphatic carbocycles. The van der Waals surface area contributed by atoms with Gasteiger partial charge in [-0.15, -0.1) is 0 Å². The minimum Gasteiger partial charge on any atom is -0.508 e. The minimum absolute atomic E-state index is 0.0945. The molecule has 0 saturated carbocycles. The van der Waals surface area contributed by atoms with Crippen LogP contribution in [0.25, 0.3) is 22.5 Å². The predicted octanol–water partition coefficient (Wildman–Crippen LogP) is 4.31. The molecule has 1 unspecified atom stereocenters. The van der Waals surface area contributed by atoms with Crippen LogP contribution in [0.4, 0.5) is 5.82 Å². The number of phenolic OH excluding ortho intramolecular Hbond substituents is 2. The summed E-state index contributed by atoms with van der Waals surface area (Å²) < 4.78 is 0. The number of hydrogen-bond donors (Lipinski definition) is 3. The molecular formula is C23H23N3O3. The summed E-state index contributed by atoms with van der Waals surface area (Å²) in [6.07, 6.45) is 2.17. The van der Waals surface area contributed by atoms with Crippen LogP contribution in [0.2, 0.25) is 0 Å². The number of phenols is 2. The molecule has 6 heteroatoms. The molecule has 4 rings (SSSR count). The Hall–Kier alpha value is -3.41. The van der Waals surface area contributed by atoms with Crippen LogP contribution in [0.1, 0.15) is 31.5 Å². The summed E-state index contributed by atoms with van der Waals surface area (Å²) in [6.45, 7) is 3.85. The van der Waals surface area contributed by atoms with Gasteiger partial charge in [0.15, 0.2) is 5.82 Å². The quantitative estimate of drug-likeness (QED) is 0.618. The van der Waals surface area contributed by atoms with Gasteiger partial charge in [0, 0.05) is 17.0 Å². The Balaban J connectivity index is 1.86. The van der Waals surface area contributed by atoms with Crippen LogP contribution >= 0.6 is 0 Å². The highest BCUT2D eigenvalue weighted by Crippen LogP contribution is 2.37. The fourth-order valence-corrected chi connectivity index (χ4v) is 3.46. The van der Waals surface area contributed by atoms with Gasteiger partial charge in [-0.25, -0.2) is 9.97 Å². The summed E-state index contributed by atoms with van der Waals surface area (Å²) in [5.41, 5.74) is 4.86. The van der Waals surface area contributed by atoms with Crippen LogP contribution in [0.3, 0.4) is 0 Å². The van der Waals surface area contributed by atoms with Gasteiger partial charge < -0.3 is 15.5 Å². The average Bonchev–Trinajstić information content (AvgIpc) is 2.73. The summed E-state index contributed by atoms with van der Waals surface area (Å²) >= 11 is 0. The van der Waals surface area contributed by atoms with E-state index in [-0.39, 0.29) is 23.3 Å². The molecule has 1 amide bonds. The lowest BCUT2D eigenvalue weighted by Crippen LogP contribution is -2.22. The van der Waals surface area contributed by atoms with E-state index in [1.54, 1.807) is 36.4 Å². The van der Waals surface area contributed by atoms with Crippen molar-refractivity contribution in [3.8, 4) is 34.0 Å². The van der Waals surface area contributed by atoms with Crippen LogP contribution in [0, 0.1) is 5.92 Å². The Labute approximate surface area is 169 Å². The average molecular weight is 389 g/mol. The van der Waals surface area contributed by atoms with Crippen molar-refractivity contribution in [1.82, 2.24) is 9.97 Å². The topological polar surface area (TPSA) is 95.3 Å². The highest BCUT2D eigenvalue weighted by molar-refractivity contribution is 5.95. The summed E-state index contributed by atoms with van der Waals surface area (Å²) in [7, 11) is 0. The largest absolute Gasteiger partial charge is 0.508 e. The second-order valence-electron chi connectivity index (χ2n) is 7.40. The summed E-state index contributed by atoms with van der Waals surface area (Å²) in [5, 5.41) is 22.4. The van der Waals surface area contributed by atoms with E-state index in [9.17, 15) is 15.0 Å². The summed E-state index contributed by atoms with van der Waals surface area (Å²) in [6, 6.07) is 11.9. The molecule has 29 heavy (non-hydrogen) atoms. The molecule has 0 saturated heterocycles. The van der Waals surface area contributed by atoms with Gasteiger partial charge in [0.25, 0.3) is 0 Å². The molecule has 1 atom stereocenters. The number of fused-ring (bicyclic) bond motifs is 3. The highest BCUT2D eigenvalue weighted by Gasteiger charge is 2.24. The van der Waals surface area contributed by atoms with E-state index >= 15 is 0 Å². The molecule has 148 valence electrons. The van der Waals surface area contributed by atoms with Crippen LogP contribution < -0.4 is 5.32 Å². The second kappa shape index (κ2) is 7.54. The third kappa shape index (κ3) is 3.66. The van der Waals surface area contributed by atoms with Crippen molar-refractivity contribution >= 4 is 11.7 Å². The van der Waals surface area contributed by atoms with Crippen molar-refractivity contribution in [3.05, 3.63) is 53.7 Å². The third-order valence-corrected chi connectivity index (χ3v) is 5.39. The fraction of sp³-hybridized carbons (Fsp3) is 0.261. The molecular weight excluding hydrogens is 366 g/mol. The van der Waals surface area contributed by atoms with E-state index in [0.29, 0.717) is 17.9 Å². The van der Waals surface area contributed by atoms with Gasteiger partial charge in [-0.05, 0) is 67.3 Å². The van der Waals surface area contributed by atoms with Gasteiger partial charge in [-0.3, -0.25) is 4.79 Å². The number of aryl methyl sites for hydroxylation is 2. The first kappa shape index (κ1) is 18.9. The number of carbonyl (C=O) groups excluding carboxylic acids is 1. The zero-order chi connectivity index (χ0) is 20.5. The van der Waals surface area contributed by atoms with E-state index < -0.39 is 0 Å². The molecule has 2 aromatic carbocycles. The maximum Gasteiger partial charge on any atom is 0.228 e. The Bertz CT molecular complexity index is 1080. The molecule has 0 spiro atoms. The summed E-state index contributed by atoms with van der Waals surface area (Å²) in [4.78, 5) is 22.2. The first-order valence-corrected chi connectivity index (χ1v) is 9.79. The lowest BCUT2D eigenvalue weighted by atomic mass is 9.91. The van der Waals surface area contributed by atoms with E-state index in [0.717, 1.165) is 40.9 Å². The molecule has 1 aliphatic rings. The number of anilines is 1. The van der Waals surface area contributed by atoms with Crippen molar-refractivity contribution in [3.63, 3.8) is 0 Å². The lowest BCUT2D eigenvalue weighted by molar-refractivity contribution is -0.119. The smallest absolute Gasteiger partial charge is 0.228 e. The van der Waals surface area contributed by atoms with E-state index in [4.69, 9.17) is 9.97 Å². The first-order valence-electron chi connectivity index (χ1n) is 9.79. The van der Waals surface area contributed by atoms with Crippen molar-refractivity contribution in [1.29, 1.82) is 0 Å². The molecule has 1 heterocycles. The predicted molar refractivity (Wildman–Crippen MR) is 112 cm³/mol. The molecule has 0 fully saturated rings. The van der Waals surface area contributed by atoms with Crippen LogP contribution in [0.5, 0.6) is 11.5 Å². The van der Waals surface area contributed by atoms with Crippen molar-refractivity contribution in [2.24, 2.45) is 5.92 Å². The highest BCUT2D eigenvalue weighted by atomic mass is 16.3. The molecule has 6 nitrogen and oxygen atoms in total. The number of amides is 1. The van der Waals surface area contributed by atoms with Crippen molar-refractivity contribution in [2.75, 3.05) is 5.32 Å². The van der Waals surface area contributed by atoms with E-state index in [2.05, 4.69) is 5.32 Å². The van der Waals surface area contributed by atoms with Gasteiger partial charge in [0.2, 0.25) is 5.91 Å². The van der Waals surface area contributed by atoms with E-state index in [1.165, 1.54) is 0 Å². The van der Waals surface area contributed by atoms with Crippen LogP contribution in [0.15, 0.2) is 42.5 Å². The minimum atomic E-state index is -0.135. The zero-order valence-corrected chi connectivity index (χ0v) is 16.4.